The summed E-state index contributed by atoms with van der Waals surface area (Å²) in [5.74, 6) is -1.02. The molecular formula is C15H19F3N2O4. The van der Waals surface area contributed by atoms with Gasteiger partial charge in [-0.1, -0.05) is 0 Å². The van der Waals surface area contributed by atoms with Gasteiger partial charge in [0.25, 0.3) is 5.56 Å². The predicted molar refractivity (Wildman–Crippen MR) is 79.2 cm³/mol. The lowest BCUT2D eigenvalue weighted by Gasteiger charge is -2.47. The van der Waals surface area contributed by atoms with E-state index in [0.29, 0.717) is 0 Å². The molecule has 6 nitrogen and oxygen atoms in total. The van der Waals surface area contributed by atoms with Crippen LogP contribution >= 0.6 is 0 Å². The quantitative estimate of drug-likeness (QED) is 0.772. The third-order valence-electron chi connectivity index (χ3n) is 4.78. The van der Waals surface area contributed by atoms with E-state index in [1.165, 1.54) is 20.9 Å². The number of hydrogen-bond acceptors (Lipinski definition) is 4. The first-order valence-electron chi connectivity index (χ1n) is 7.38. The van der Waals surface area contributed by atoms with Crippen LogP contribution in [0.1, 0.15) is 35.8 Å². The molecule has 0 spiro atoms. The van der Waals surface area contributed by atoms with E-state index in [0.717, 1.165) is 16.2 Å². The van der Waals surface area contributed by atoms with Crippen molar-refractivity contribution < 1.29 is 22.7 Å². The van der Waals surface area contributed by atoms with Crippen molar-refractivity contribution in [1.29, 1.82) is 0 Å². The highest BCUT2D eigenvalue weighted by Crippen LogP contribution is 2.51. The molecule has 1 fully saturated rings. The summed E-state index contributed by atoms with van der Waals surface area (Å²) in [6.07, 6.45) is -5.16. The van der Waals surface area contributed by atoms with Crippen molar-refractivity contribution in [3.8, 4) is 0 Å². The van der Waals surface area contributed by atoms with Crippen LogP contribution in [0.5, 0.6) is 0 Å². The topological polar surface area (TPSA) is 70.3 Å². The van der Waals surface area contributed by atoms with Crippen molar-refractivity contribution in [3.05, 3.63) is 32.1 Å². The number of rotatable bonds is 4. The molecule has 2 rings (SSSR count). The third-order valence-corrected chi connectivity index (χ3v) is 4.78. The maximum atomic E-state index is 13.0. The predicted octanol–water partition coefficient (Wildman–Crippen LogP) is 1.42. The van der Waals surface area contributed by atoms with Crippen LogP contribution in [0.25, 0.3) is 0 Å². The van der Waals surface area contributed by atoms with Crippen LogP contribution in [0.4, 0.5) is 13.2 Å². The van der Waals surface area contributed by atoms with Gasteiger partial charge in [0.1, 0.15) is 5.56 Å². The number of carbonyl (C=O) groups is 1. The molecule has 1 aromatic rings. The second kappa shape index (κ2) is 5.87. The summed E-state index contributed by atoms with van der Waals surface area (Å²) in [4.78, 5) is 36.3. The smallest absolute Gasteiger partial charge is 0.369 e. The van der Waals surface area contributed by atoms with Gasteiger partial charge < -0.3 is 9.30 Å². The second-order valence-corrected chi connectivity index (χ2v) is 6.24. The summed E-state index contributed by atoms with van der Waals surface area (Å²) >= 11 is 0. The molecule has 9 heteroatoms. The fourth-order valence-electron chi connectivity index (χ4n) is 3.21. The number of ketones is 1. The summed E-state index contributed by atoms with van der Waals surface area (Å²) in [5, 5.41) is 0. The van der Waals surface area contributed by atoms with Gasteiger partial charge in [0.2, 0.25) is 0 Å². The molecule has 1 saturated carbocycles. The molecule has 0 radical (unpaired) electrons. The first-order chi connectivity index (χ1) is 10.9. The Bertz CT molecular complexity index is 786. The highest BCUT2D eigenvalue weighted by atomic mass is 19.4. The largest absolute Gasteiger partial charge is 0.417 e. The van der Waals surface area contributed by atoms with Crippen LogP contribution in [0, 0.1) is 12.8 Å². The maximum Gasteiger partial charge on any atom is 0.417 e. The summed E-state index contributed by atoms with van der Waals surface area (Å²) in [6, 6.07) is 0. The van der Waals surface area contributed by atoms with E-state index in [2.05, 4.69) is 4.74 Å². The monoisotopic (exact) mass is 348 g/mol. The second-order valence-electron chi connectivity index (χ2n) is 6.24. The Morgan fingerprint density at radius 1 is 1.33 bits per heavy atom. The van der Waals surface area contributed by atoms with E-state index in [9.17, 15) is 27.6 Å². The van der Waals surface area contributed by atoms with Gasteiger partial charge in [-0.3, -0.25) is 14.2 Å². The number of alkyl halides is 3. The standard InChI is InChI=1S/C15H19F3N2O4/c1-8-11(9(2)21)12(22)20(13(23)19(8)3)7-10-5-14(6-10,24-4)15(16,17)18/h10H,5-7H2,1-4H3. The van der Waals surface area contributed by atoms with Gasteiger partial charge in [-0.25, -0.2) is 4.79 Å². The van der Waals surface area contributed by atoms with Crippen LogP contribution in [0.2, 0.25) is 0 Å². The Kier molecular flexibility index (Phi) is 4.51. The van der Waals surface area contributed by atoms with Crippen molar-refractivity contribution in [1.82, 2.24) is 9.13 Å². The van der Waals surface area contributed by atoms with Gasteiger partial charge in [-0.15, -0.1) is 0 Å². The summed E-state index contributed by atoms with van der Waals surface area (Å²) in [7, 11) is 2.41. The van der Waals surface area contributed by atoms with Gasteiger partial charge in [0.05, 0.1) is 0 Å². The van der Waals surface area contributed by atoms with E-state index in [-0.39, 0.29) is 30.6 Å². The van der Waals surface area contributed by atoms with E-state index in [4.69, 9.17) is 0 Å². The zero-order valence-corrected chi connectivity index (χ0v) is 13.9. The van der Waals surface area contributed by atoms with E-state index in [1.54, 1.807) is 0 Å². The first kappa shape index (κ1) is 18.4. The Labute approximate surface area is 135 Å². The van der Waals surface area contributed by atoms with Crippen molar-refractivity contribution in [3.63, 3.8) is 0 Å². The molecule has 0 N–H and O–H groups in total. The molecule has 1 aromatic heterocycles. The number of hydrogen-bond donors (Lipinski definition) is 0. The number of nitrogens with zero attached hydrogens (tertiary/aromatic N) is 2. The van der Waals surface area contributed by atoms with Crippen molar-refractivity contribution in [2.75, 3.05) is 7.11 Å². The summed E-state index contributed by atoms with van der Waals surface area (Å²) in [6.45, 7) is 2.52. The van der Waals surface area contributed by atoms with E-state index in [1.807, 2.05) is 0 Å². The maximum absolute atomic E-state index is 13.0. The molecule has 0 bridgehead atoms. The zero-order valence-electron chi connectivity index (χ0n) is 13.9. The molecule has 1 heterocycles. The van der Waals surface area contributed by atoms with Crippen LogP contribution in [-0.2, 0) is 18.3 Å². The Hall–Kier alpha value is -1.90. The molecule has 1 aliphatic carbocycles. The zero-order chi connectivity index (χ0) is 18.4. The molecule has 24 heavy (non-hydrogen) atoms. The molecule has 0 atom stereocenters. The average molecular weight is 348 g/mol. The van der Waals surface area contributed by atoms with Crippen molar-refractivity contribution in [2.24, 2.45) is 13.0 Å². The number of aromatic nitrogens is 2. The summed E-state index contributed by atoms with van der Waals surface area (Å²) < 4.78 is 45.6. The van der Waals surface area contributed by atoms with Crippen LogP contribution in [0.15, 0.2) is 9.59 Å². The Morgan fingerprint density at radius 3 is 2.29 bits per heavy atom. The molecule has 1 aliphatic rings. The number of ether oxygens (including phenoxy) is 1. The normalized spacial score (nSPS) is 23.9. The van der Waals surface area contributed by atoms with Gasteiger partial charge >= 0.3 is 11.9 Å². The minimum Gasteiger partial charge on any atom is -0.369 e. The Balaban J connectivity index is 2.36. The van der Waals surface area contributed by atoms with E-state index >= 15 is 0 Å². The molecule has 134 valence electrons. The molecule has 0 saturated heterocycles. The van der Waals surface area contributed by atoms with Crippen LogP contribution in [-0.4, -0.2) is 33.8 Å². The molecule has 0 amide bonds. The number of methoxy groups -OCH3 is 1. The lowest BCUT2D eigenvalue weighted by atomic mass is 9.70. The van der Waals surface area contributed by atoms with Gasteiger partial charge in [-0.05, 0) is 32.6 Å². The SMILES string of the molecule is COC1(C(F)(F)F)CC(Cn2c(=O)c(C(C)=O)c(C)n(C)c2=O)C1. The third kappa shape index (κ3) is 2.70. The lowest BCUT2D eigenvalue weighted by Crippen LogP contribution is -2.58. The fourth-order valence-corrected chi connectivity index (χ4v) is 3.21. The lowest BCUT2D eigenvalue weighted by molar-refractivity contribution is -0.309. The van der Waals surface area contributed by atoms with Crippen LogP contribution < -0.4 is 11.2 Å². The average Bonchev–Trinajstić information content (AvgIpc) is 2.41. The van der Waals surface area contributed by atoms with Gasteiger partial charge in [-0.2, -0.15) is 13.2 Å². The molecule has 0 aliphatic heterocycles. The Morgan fingerprint density at radius 2 is 1.88 bits per heavy atom. The number of Topliss-reactive ketones (excluding diaryl/α,β-unsaturated/α-hetero) is 1. The number of carbonyl (C=O) groups excluding carboxylic acids is 1. The van der Waals surface area contributed by atoms with Gasteiger partial charge in [0, 0.05) is 26.4 Å². The molecule has 0 unspecified atom stereocenters. The highest BCUT2D eigenvalue weighted by Gasteiger charge is 2.62. The highest BCUT2D eigenvalue weighted by molar-refractivity contribution is 5.94. The first-order valence-corrected chi connectivity index (χ1v) is 7.38. The number of halogens is 3. The fraction of sp³-hybridized carbons (Fsp3) is 0.667. The van der Waals surface area contributed by atoms with Gasteiger partial charge in [0.15, 0.2) is 11.4 Å². The minimum absolute atomic E-state index is 0.120. The van der Waals surface area contributed by atoms with Crippen molar-refractivity contribution >= 4 is 5.78 Å². The van der Waals surface area contributed by atoms with E-state index < -0.39 is 34.7 Å². The molecule has 0 aromatic carbocycles. The molecular weight excluding hydrogens is 329 g/mol. The minimum atomic E-state index is -4.51. The van der Waals surface area contributed by atoms with Crippen molar-refractivity contribution in [2.45, 2.75) is 45.0 Å². The van der Waals surface area contributed by atoms with Crippen LogP contribution in [0.3, 0.4) is 0 Å². The summed E-state index contributed by atoms with van der Waals surface area (Å²) in [5.41, 5.74) is -3.51.